The fourth-order valence-electron chi connectivity index (χ4n) is 3.21. The van der Waals surface area contributed by atoms with Gasteiger partial charge in [-0.25, -0.2) is 0 Å². The molecule has 0 bridgehead atoms. The number of benzene rings is 1. The first-order valence-electron chi connectivity index (χ1n) is 7.92. The molecule has 0 unspecified atom stereocenters. The third-order valence-electron chi connectivity index (χ3n) is 4.62. The van der Waals surface area contributed by atoms with Gasteiger partial charge in [-0.3, -0.25) is 0 Å². The molecule has 0 radical (unpaired) electrons. The average molecular weight is 352 g/mol. The van der Waals surface area contributed by atoms with Gasteiger partial charge in [0, 0.05) is 6.42 Å². The Bertz CT molecular complexity index is 485. The second-order valence-corrected chi connectivity index (χ2v) is 6.67. The zero-order valence-electron chi connectivity index (χ0n) is 13.7. The Morgan fingerprint density at radius 2 is 1.83 bits per heavy atom. The Labute approximate surface area is 142 Å². The molecule has 0 spiro atoms. The fraction of sp³-hybridized carbons (Fsp3) is 0.647. The highest BCUT2D eigenvalue weighted by Crippen LogP contribution is 2.31. The lowest BCUT2D eigenvalue weighted by molar-refractivity contribution is -0.914. The normalized spacial score (nSPS) is 16.2. The van der Waals surface area contributed by atoms with Crippen LogP contribution < -0.4 is 17.1 Å². The van der Waals surface area contributed by atoms with Crippen LogP contribution in [0.4, 0.5) is 13.2 Å². The van der Waals surface area contributed by atoms with Gasteiger partial charge in [-0.05, 0) is 43.9 Å². The van der Waals surface area contributed by atoms with Gasteiger partial charge in [0.15, 0.2) is 0 Å². The fourth-order valence-corrected chi connectivity index (χ4v) is 3.21. The minimum atomic E-state index is -4.32. The van der Waals surface area contributed by atoms with Crippen LogP contribution in [-0.4, -0.2) is 37.8 Å². The van der Waals surface area contributed by atoms with Crippen LogP contribution in [0.25, 0.3) is 0 Å². The number of nitrogens with zero attached hydrogens (tertiary/aromatic N) is 1. The highest BCUT2D eigenvalue weighted by molar-refractivity contribution is 5.30. The molecule has 0 saturated heterocycles. The van der Waals surface area contributed by atoms with Gasteiger partial charge in [-0.2, -0.15) is 13.2 Å². The van der Waals surface area contributed by atoms with Crippen LogP contribution >= 0.6 is 0 Å². The molecule has 1 aliphatic rings. The van der Waals surface area contributed by atoms with E-state index >= 15 is 0 Å². The second kappa shape index (κ2) is 8.25. The minimum Gasteiger partial charge on any atom is -1.00 e. The van der Waals surface area contributed by atoms with E-state index in [1.165, 1.54) is 31.7 Å². The summed E-state index contributed by atoms with van der Waals surface area (Å²) >= 11 is 0. The summed E-state index contributed by atoms with van der Waals surface area (Å²) in [5, 5.41) is 0. The maximum Gasteiger partial charge on any atom is 0.416 e. The van der Waals surface area contributed by atoms with Crippen LogP contribution in [-0.2, 0) is 6.18 Å². The lowest BCUT2D eigenvalue weighted by atomic mass is 10.1. The zero-order chi connectivity index (χ0) is 16.2. The van der Waals surface area contributed by atoms with Crippen molar-refractivity contribution >= 4 is 0 Å². The Morgan fingerprint density at radius 3 is 2.43 bits per heavy atom. The molecule has 6 heteroatoms. The van der Waals surface area contributed by atoms with Crippen molar-refractivity contribution in [2.75, 3.05) is 27.2 Å². The molecular weight excluding hydrogens is 327 g/mol. The van der Waals surface area contributed by atoms with Gasteiger partial charge < -0.3 is 21.6 Å². The van der Waals surface area contributed by atoms with Crippen molar-refractivity contribution < 1.29 is 34.8 Å². The van der Waals surface area contributed by atoms with Gasteiger partial charge in [0.2, 0.25) is 0 Å². The summed E-state index contributed by atoms with van der Waals surface area (Å²) in [4.78, 5) is 0. The van der Waals surface area contributed by atoms with Crippen molar-refractivity contribution in [3.05, 3.63) is 29.8 Å². The molecule has 1 aromatic carbocycles. The highest BCUT2D eigenvalue weighted by Gasteiger charge is 2.31. The third kappa shape index (κ3) is 5.88. The van der Waals surface area contributed by atoms with E-state index in [1.807, 2.05) is 0 Å². The third-order valence-corrected chi connectivity index (χ3v) is 4.62. The van der Waals surface area contributed by atoms with Gasteiger partial charge in [0.05, 0.1) is 38.9 Å². The van der Waals surface area contributed by atoms with Crippen molar-refractivity contribution in [3.63, 3.8) is 0 Å². The molecular formula is C17H25ClF3NO. The molecule has 0 aromatic heterocycles. The van der Waals surface area contributed by atoms with Gasteiger partial charge in [-0.1, -0.05) is 6.07 Å². The monoisotopic (exact) mass is 351 g/mol. The van der Waals surface area contributed by atoms with E-state index < -0.39 is 11.7 Å². The number of ether oxygens (including phenoxy) is 1. The van der Waals surface area contributed by atoms with Crippen LogP contribution in [0.1, 0.15) is 37.7 Å². The summed E-state index contributed by atoms with van der Waals surface area (Å²) in [6.07, 6.45) is 1.71. The van der Waals surface area contributed by atoms with Crippen molar-refractivity contribution in [1.82, 2.24) is 0 Å². The molecule has 1 aromatic rings. The van der Waals surface area contributed by atoms with E-state index in [-0.39, 0.29) is 12.4 Å². The topological polar surface area (TPSA) is 9.23 Å². The SMILES string of the molecule is C[N+](C)(CCCOc1cccc(C(F)(F)F)c1)C1CCCC1.[Cl-]. The molecule has 0 heterocycles. The molecule has 2 nitrogen and oxygen atoms in total. The van der Waals surface area contributed by atoms with Crippen molar-refractivity contribution in [1.29, 1.82) is 0 Å². The van der Waals surface area contributed by atoms with Crippen molar-refractivity contribution in [3.8, 4) is 5.75 Å². The average Bonchev–Trinajstić information content (AvgIpc) is 2.98. The number of quaternary nitrogens is 1. The molecule has 132 valence electrons. The molecule has 0 aliphatic heterocycles. The molecule has 0 amide bonds. The maximum atomic E-state index is 12.6. The predicted octanol–water partition coefficient (Wildman–Crippen LogP) is 1.50. The Kier molecular flexibility index (Phi) is 7.21. The lowest BCUT2D eigenvalue weighted by Gasteiger charge is -2.36. The summed E-state index contributed by atoms with van der Waals surface area (Å²) in [7, 11) is 4.47. The molecule has 0 atom stereocenters. The van der Waals surface area contributed by atoms with Crippen LogP contribution in [0.3, 0.4) is 0 Å². The second-order valence-electron chi connectivity index (χ2n) is 6.67. The number of alkyl halides is 3. The van der Waals surface area contributed by atoms with Crippen LogP contribution in [0, 0.1) is 0 Å². The van der Waals surface area contributed by atoms with Gasteiger partial charge in [0.25, 0.3) is 0 Å². The molecule has 0 N–H and O–H groups in total. The van der Waals surface area contributed by atoms with Crippen LogP contribution in [0.5, 0.6) is 5.75 Å². The molecule has 23 heavy (non-hydrogen) atoms. The van der Waals surface area contributed by atoms with Crippen molar-refractivity contribution in [2.24, 2.45) is 0 Å². The van der Waals surface area contributed by atoms with E-state index in [0.717, 1.165) is 29.6 Å². The highest BCUT2D eigenvalue weighted by atomic mass is 35.5. The smallest absolute Gasteiger partial charge is 0.416 e. The molecule has 2 rings (SSSR count). The Hall–Kier alpha value is -0.940. The summed E-state index contributed by atoms with van der Waals surface area (Å²) in [6.45, 7) is 1.44. The van der Waals surface area contributed by atoms with E-state index in [9.17, 15) is 13.2 Å². The Balaban J connectivity index is 0.00000264. The summed E-state index contributed by atoms with van der Waals surface area (Å²) in [5.74, 6) is 0.293. The predicted molar refractivity (Wildman–Crippen MR) is 80.8 cm³/mol. The van der Waals surface area contributed by atoms with E-state index in [2.05, 4.69) is 14.1 Å². The zero-order valence-corrected chi connectivity index (χ0v) is 14.5. The van der Waals surface area contributed by atoms with E-state index in [1.54, 1.807) is 6.07 Å². The van der Waals surface area contributed by atoms with Gasteiger partial charge >= 0.3 is 6.18 Å². The van der Waals surface area contributed by atoms with Gasteiger partial charge in [0.1, 0.15) is 5.75 Å². The molecule has 1 saturated carbocycles. The van der Waals surface area contributed by atoms with E-state index in [0.29, 0.717) is 18.4 Å². The lowest BCUT2D eigenvalue weighted by Crippen LogP contribution is -3.00. The number of rotatable bonds is 6. The van der Waals surface area contributed by atoms with Crippen LogP contribution in [0.15, 0.2) is 24.3 Å². The van der Waals surface area contributed by atoms with Crippen LogP contribution in [0.2, 0.25) is 0 Å². The standard InChI is InChI=1S/C17H25F3NO.ClH/c1-21(2,15-8-3-4-9-15)11-6-12-22-16-10-5-7-14(13-16)17(18,19)20;/h5,7,10,13,15H,3-4,6,8-9,11-12H2,1-2H3;1H/q+1;/p-1. The Morgan fingerprint density at radius 1 is 1.17 bits per heavy atom. The quantitative estimate of drug-likeness (QED) is 0.557. The van der Waals surface area contributed by atoms with Crippen molar-refractivity contribution in [2.45, 2.75) is 44.3 Å². The summed E-state index contributed by atoms with van der Waals surface area (Å²) in [6, 6.07) is 5.81. The van der Waals surface area contributed by atoms with E-state index in [4.69, 9.17) is 4.74 Å². The maximum absolute atomic E-state index is 12.6. The first-order chi connectivity index (χ1) is 10.3. The number of hydrogen-bond acceptors (Lipinski definition) is 1. The van der Waals surface area contributed by atoms with Gasteiger partial charge in [-0.15, -0.1) is 0 Å². The largest absolute Gasteiger partial charge is 1.00 e. The number of halogens is 4. The minimum absolute atomic E-state index is 0. The first kappa shape index (κ1) is 20.1. The number of hydrogen-bond donors (Lipinski definition) is 0. The molecule has 1 aliphatic carbocycles. The molecule has 1 fully saturated rings. The first-order valence-corrected chi connectivity index (χ1v) is 7.92. The summed E-state index contributed by atoms with van der Waals surface area (Å²) < 4.78 is 44.3. The summed E-state index contributed by atoms with van der Waals surface area (Å²) in [5.41, 5.74) is -0.660.